The highest BCUT2D eigenvalue weighted by molar-refractivity contribution is 5.78. The molecular weight excluding hydrogens is 336 g/mol. The lowest BCUT2D eigenvalue weighted by Gasteiger charge is -2.30. The Hall–Kier alpha value is -2.28. The van der Waals surface area contributed by atoms with Gasteiger partial charge in [-0.1, -0.05) is 0 Å². The molecule has 0 saturated heterocycles. The molecule has 0 unspecified atom stereocenters. The zero-order chi connectivity index (χ0) is 19.1. The summed E-state index contributed by atoms with van der Waals surface area (Å²) in [6.45, 7) is 4.10. The molecule has 0 atom stereocenters. The minimum absolute atomic E-state index is 0.0457. The lowest BCUT2D eigenvalue weighted by molar-refractivity contribution is -0.134. The topological polar surface area (TPSA) is 68.3 Å². The molecule has 0 N–H and O–H groups in total. The summed E-state index contributed by atoms with van der Waals surface area (Å²) in [5.74, 6) is 1.38. The van der Waals surface area contributed by atoms with Crippen molar-refractivity contribution >= 4 is 11.8 Å². The molecule has 1 heterocycles. The normalized spacial score (nSPS) is 13.2. The van der Waals surface area contributed by atoms with Crippen LogP contribution < -0.4 is 9.47 Å². The standard InChI is InChI=1S/C19H28N2O5/c1-14(22)20(9-10-24-2)8-6-19(23)21-7-5-15-11-17(25-3)18(26-4)12-16(15)13-21/h11-12H,5-10,13H2,1-4H3. The molecule has 26 heavy (non-hydrogen) atoms. The Morgan fingerprint density at radius 1 is 1.08 bits per heavy atom. The molecule has 7 nitrogen and oxygen atoms in total. The van der Waals surface area contributed by atoms with Gasteiger partial charge in [-0.25, -0.2) is 0 Å². The quantitative estimate of drug-likeness (QED) is 0.699. The lowest BCUT2D eigenvalue weighted by atomic mass is 9.98. The number of hydrogen-bond acceptors (Lipinski definition) is 5. The van der Waals surface area contributed by atoms with E-state index in [1.165, 1.54) is 12.5 Å². The van der Waals surface area contributed by atoms with Gasteiger partial charge in [-0.3, -0.25) is 9.59 Å². The SMILES string of the molecule is COCCN(CCC(=O)N1CCc2cc(OC)c(OC)cc2C1)C(C)=O. The fourth-order valence-electron chi connectivity index (χ4n) is 3.11. The number of benzene rings is 1. The summed E-state index contributed by atoms with van der Waals surface area (Å²) in [5.41, 5.74) is 2.25. The highest BCUT2D eigenvalue weighted by Crippen LogP contribution is 2.33. The summed E-state index contributed by atoms with van der Waals surface area (Å²) in [4.78, 5) is 27.7. The Morgan fingerprint density at radius 3 is 2.31 bits per heavy atom. The number of ether oxygens (including phenoxy) is 3. The van der Waals surface area contributed by atoms with Crippen molar-refractivity contribution in [1.82, 2.24) is 9.80 Å². The van der Waals surface area contributed by atoms with Crippen molar-refractivity contribution in [3.8, 4) is 11.5 Å². The first kappa shape index (κ1) is 20.0. The fraction of sp³-hybridized carbons (Fsp3) is 0.579. The maximum absolute atomic E-state index is 12.6. The van der Waals surface area contributed by atoms with Crippen molar-refractivity contribution < 1.29 is 23.8 Å². The number of methoxy groups -OCH3 is 3. The molecule has 1 aromatic rings. The van der Waals surface area contributed by atoms with E-state index in [4.69, 9.17) is 14.2 Å². The first-order chi connectivity index (χ1) is 12.5. The molecule has 1 aliphatic heterocycles. The summed E-state index contributed by atoms with van der Waals surface area (Å²) in [6.07, 6.45) is 1.09. The molecule has 0 fully saturated rings. The third-order valence-electron chi connectivity index (χ3n) is 4.68. The average molecular weight is 364 g/mol. The van der Waals surface area contributed by atoms with E-state index >= 15 is 0 Å². The van der Waals surface area contributed by atoms with Crippen LogP contribution in [-0.2, 0) is 27.3 Å². The van der Waals surface area contributed by atoms with Crippen LogP contribution in [0.4, 0.5) is 0 Å². The Labute approximate surface area is 154 Å². The van der Waals surface area contributed by atoms with Crippen molar-refractivity contribution in [2.24, 2.45) is 0 Å². The van der Waals surface area contributed by atoms with E-state index in [1.807, 2.05) is 17.0 Å². The number of rotatable bonds is 8. The molecule has 0 spiro atoms. The van der Waals surface area contributed by atoms with Gasteiger partial charge in [0.2, 0.25) is 11.8 Å². The monoisotopic (exact) mass is 364 g/mol. The summed E-state index contributed by atoms with van der Waals surface area (Å²) in [5, 5.41) is 0. The predicted octanol–water partition coefficient (Wildman–Crippen LogP) is 1.47. The molecule has 0 aromatic heterocycles. The molecular formula is C19H28N2O5. The number of carbonyl (C=O) groups excluding carboxylic acids is 2. The maximum Gasteiger partial charge on any atom is 0.224 e. The van der Waals surface area contributed by atoms with Crippen molar-refractivity contribution in [3.63, 3.8) is 0 Å². The molecule has 2 amide bonds. The number of amides is 2. The van der Waals surface area contributed by atoms with Crippen LogP contribution in [0.2, 0.25) is 0 Å². The molecule has 0 bridgehead atoms. The molecule has 0 saturated carbocycles. The minimum Gasteiger partial charge on any atom is -0.493 e. The minimum atomic E-state index is -0.0457. The van der Waals surface area contributed by atoms with Gasteiger partial charge in [-0.05, 0) is 29.7 Å². The Balaban J connectivity index is 1.99. The summed E-state index contributed by atoms with van der Waals surface area (Å²) in [6, 6.07) is 3.92. The molecule has 0 aliphatic carbocycles. The van der Waals surface area contributed by atoms with Crippen LogP contribution in [0.25, 0.3) is 0 Å². The Kier molecular flexibility index (Phi) is 7.26. The molecule has 1 aromatic carbocycles. The molecule has 7 heteroatoms. The van der Waals surface area contributed by atoms with Crippen LogP contribution in [-0.4, -0.2) is 69.2 Å². The van der Waals surface area contributed by atoms with E-state index < -0.39 is 0 Å². The Bertz CT molecular complexity index is 647. The molecule has 1 aliphatic rings. The lowest BCUT2D eigenvalue weighted by Crippen LogP contribution is -2.39. The van der Waals surface area contributed by atoms with Crippen LogP contribution in [0.15, 0.2) is 12.1 Å². The summed E-state index contributed by atoms with van der Waals surface area (Å²) >= 11 is 0. The Morgan fingerprint density at radius 2 is 1.73 bits per heavy atom. The van der Waals surface area contributed by atoms with Crippen LogP contribution in [0, 0.1) is 0 Å². The van der Waals surface area contributed by atoms with Gasteiger partial charge in [0.05, 0.1) is 20.8 Å². The van der Waals surface area contributed by atoms with E-state index in [0.717, 1.165) is 12.0 Å². The van der Waals surface area contributed by atoms with Gasteiger partial charge < -0.3 is 24.0 Å². The first-order valence-corrected chi connectivity index (χ1v) is 8.76. The van der Waals surface area contributed by atoms with Crippen LogP contribution in [0.1, 0.15) is 24.5 Å². The fourth-order valence-corrected chi connectivity index (χ4v) is 3.11. The van der Waals surface area contributed by atoms with E-state index in [0.29, 0.717) is 50.7 Å². The summed E-state index contributed by atoms with van der Waals surface area (Å²) < 4.78 is 15.7. The van der Waals surface area contributed by atoms with Crippen molar-refractivity contribution in [2.45, 2.75) is 26.3 Å². The zero-order valence-electron chi connectivity index (χ0n) is 16.0. The van der Waals surface area contributed by atoms with Crippen LogP contribution >= 0.6 is 0 Å². The third-order valence-corrected chi connectivity index (χ3v) is 4.68. The number of fused-ring (bicyclic) bond motifs is 1. The van der Waals surface area contributed by atoms with Gasteiger partial charge in [0, 0.05) is 46.6 Å². The van der Waals surface area contributed by atoms with E-state index in [9.17, 15) is 9.59 Å². The highest BCUT2D eigenvalue weighted by atomic mass is 16.5. The maximum atomic E-state index is 12.6. The van der Waals surface area contributed by atoms with Gasteiger partial charge in [-0.2, -0.15) is 0 Å². The predicted molar refractivity (Wildman–Crippen MR) is 97.4 cm³/mol. The van der Waals surface area contributed by atoms with Gasteiger partial charge in [0.15, 0.2) is 11.5 Å². The second kappa shape index (κ2) is 9.43. The average Bonchev–Trinajstić information content (AvgIpc) is 2.65. The second-order valence-corrected chi connectivity index (χ2v) is 6.29. The zero-order valence-corrected chi connectivity index (χ0v) is 16.0. The number of hydrogen-bond donors (Lipinski definition) is 0. The van der Waals surface area contributed by atoms with Crippen LogP contribution in [0.3, 0.4) is 0 Å². The van der Waals surface area contributed by atoms with Crippen molar-refractivity contribution in [2.75, 3.05) is 47.6 Å². The number of carbonyl (C=O) groups is 2. The number of nitrogens with zero attached hydrogens (tertiary/aromatic N) is 2. The van der Waals surface area contributed by atoms with E-state index in [1.54, 1.807) is 26.2 Å². The molecule has 0 radical (unpaired) electrons. The first-order valence-electron chi connectivity index (χ1n) is 8.76. The van der Waals surface area contributed by atoms with E-state index in [2.05, 4.69) is 0 Å². The van der Waals surface area contributed by atoms with Crippen molar-refractivity contribution in [3.05, 3.63) is 23.3 Å². The molecule has 144 valence electrons. The third kappa shape index (κ3) is 4.88. The smallest absolute Gasteiger partial charge is 0.224 e. The van der Waals surface area contributed by atoms with E-state index in [-0.39, 0.29) is 11.8 Å². The van der Waals surface area contributed by atoms with Gasteiger partial charge in [-0.15, -0.1) is 0 Å². The van der Waals surface area contributed by atoms with Crippen LogP contribution in [0.5, 0.6) is 11.5 Å². The van der Waals surface area contributed by atoms with Gasteiger partial charge in [0.1, 0.15) is 0 Å². The van der Waals surface area contributed by atoms with Gasteiger partial charge >= 0.3 is 0 Å². The second-order valence-electron chi connectivity index (χ2n) is 6.29. The summed E-state index contributed by atoms with van der Waals surface area (Å²) in [7, 11) is 4.82. The van der Waals surface area contributed by atoms with Crippen molar-refractivity contribution in [1.29, 1.82) is 0 Å². The molecule has 2 rings (SSSR count). The highest BCUT2D eigenvalue weighted by Gasteiger charge is 2.23. The van der Waals surface area contributed by atoms with Gasteiger partial charge in [0.25, 0.3) is 0 Å². The largest absolute Gasteiger partial charge is 0.493 e.